The fourth-order valence-electron chi connectivity index (χ4n) is 3.52. The van der Waals surface area contributed by atoms with Gasteiger partial charge in [-0.1, -0.05) is 24.3 Å². The molecule has 0 bridgehead atoms. The molecule has 4 rings (SSSR count). The Kier molecular flexibility index (Phi) is 4.84. The Morgan fingerprint density at radius 3 is 2.66 bits per heavy atom. The van der Waals surface area contributed by atoms with Gasteiger partial charge in [0.05, 0.1) is 0 Å². The Bertz CT molecular complexity index is 988. The van der Waals surface area contributed by atoms with E-state index in [1.165, 1.54) is 0 Å². The second-order valence-corrected chi connectivity index (χ2v) is 7.14. The normalized spacial score (nSPS) is 16.7. The van der Waals surface area contributed by atoms with E-state index in [9.17, 15) is 14.4 Å². The van der Waals surface area contributed by atoms with Crippen LogP contribution in [0.15, 0.2) is 42.5 Å². The number of nitrogens with zero attached hydrogens (tertiary/aromatic N) is 1. The first-order valence-electron chi connectivity index (χ1n) is 9.35. The first kappa shape index (κ1) is 18.8. The molecule has 8 heteroatoms. The Morgan fingerprint density at radius 2 is 1.86 bits per heavy atom. The predicted octanol–water partition coefficient (Wildman–Crippen LogP) is 1.64. The Labute approximate surface area is 167 Å². The number of para-hydroxylation sites is 1. The van der Waals surface area contributed by atoms with Gasteiger partial charge in [-0.05, 0) is 37.6 Å². The zero-order valence-electron chi connectivity index (χ0n) is 16.1. The van der Waals surface area contributed by atoms with E-state index in [2.05, 4.69) is 10.6 Å². The molecule has 2 aromatic rings. The van der Waals surface area contributed by atoms with Crippen molar-refractivity contribution in [3.63, 3.8) is 0 Å². The zero-order chi connectivity index (χ0) is 20.5. The number of nitrogens with one attached hydrogen (secondary N) is 2. The van der Waals surface area contributed by atoms with E-state index in [0.717, 1.165) is 11.3 Å². The van der Waals surface area contributed by atoms with Crippen LogP contribution in [0.3, 0.4) is 0 Å². The van der Waals surface area contributed by atoms with Crippen molar-refractivity contribution in [1.29, 1.82) is 0 Å². The van der Waals surface area contributed by atoms with E-state index in [4.69, 9.17) is 9.47 Å². The number of carbonyl (C=O) groups excluding carboxylic acids is 3. The Hall–Kier alpha value is -3.55. The maximum atomic E-state index is 12.8. The zero-order valence-corrected chi connectivity index (χ0v) is 16.1. The van der Waals surface area contributed by atoms with Gasteiger partial charge in [-0.15, -0.1) is 0 Å². The first-order valence-corrected chi connectivity index (χ1v) is 9.35. The quantitative estimate of drug-likeness (QED) is 0.768. The second kappa shape index (κ2) is 7.46. The molecule has 2 aliphatic heterocycles. The molecule has 0 radical (unpaired) electrons. The highest BCUT2D eigenvalue weighted by Gasteiger charge is 2.39. The molecule has 0 aromatic heterocycles. The lowest BCUT2D eigenvalue weighted by Crippen LogP contribution is -2.45. The Balaban J connectivity index is 1.41. The maximum Gasteiger partial charge on any atom is 0.310 e. The largest absolute Gasteiger partial charge is 0.454 e. The predicted molar refractivity (Wildman–Crippen MR) is 104 cm³/mol. The highest BCUT2D eigenvalue weighted by molar-refractivity contribution is 6.35. The molecule has 3 amide bonds. The van der Waals surface area contributed by atoms with Crippen molar-refractivity contribution in [2.45, 2.75) is 32.5 Å². The number of ether oxygens (including phenoxy) is 2. The van der Waals surface area contributed by atoms with E-state index in [0.29, 0.717) is 17.1 Å². The minimum Gasteiger partial charge on any atom is -0.454 e. The van der Waals surface area contributed by atoms with Crippen molar-refractivity contribution >= 4 is 23.4 Å². The smallest absolute Gasteiger partial charge is 0.310 e. The fraction of sp³-hybridized carbons (Fsp3) is 0.286. The molecule has 2 aliphatic rings. The summed E-state index contributed by atoms with van der Waals surface area (Å²) in [5.41, 5.74) is 2.20. The molecular formula is C21H21N3O5. The summed E-state index contributed by atoms with van der Waals surface area (Å²) in [4.78, 5) is 39.1. The molecule has 2 aromatic carbocycles. The number of anilines is 1. The summed E-state index contributed by atoms with van der Waals surface area (Å²) in [6, 6.07) is 11.6. The van der Waals surface area contributed by atoms with Crippen LogP contribution in [0.1, 0.15) is 31.0 Å². The second-order valence-electron chi connectivity index (χ2n) is 7.14. The molecule has 0 aliphatic carbocycles. The maximum absolute atomic E-state index is 12.8. The number of carbonyl (C=O) groups is 3. The number of benzene rings is 2. The SMILES string of the molecule is CC(C)N1C(=O)C(NC(=O)C(=O)NCc2ccc3c(c2)OCO3)c2ccccc21. The summed E-state index contributed by atoms with van der Waals surface area (Å²) in [5, 5.41) is 5.12. The van der Waals surface area contributed by atoms with Gasteiger partial charge in [0.25, 0.3) is 5.91 Å². The summed E-state index contributed by atoms with van der Waals surface area (Å²) in [6.45, 7) is 4.11. The van der Waals surface area contributed by atoms with Gasteiger partial charge < -0.3 is 25.0 Å². The molecule has 0 saturated carbocycles. The van der Waals surface area contributed by atoms with Gasteiger partial charge in [-0.25, -0.2) is 0 Å². The number of hydrogen-bond donors (Lipinski definition) is 2. The molecule has 2 N–H and O–H groups in total. The van der Waals surface area contributed by atoms with Crippen LogP contribution in [0.2, 0.25) is 0 Å². The summed E-state index contributed by atoms with van der Waals surface area (Å²) >= 11 is 0. The average molecular weight is 395 g/mol. The van der Waals surface area contributed by atoms with Gasteiger partial charge in [0, 0.05) is 23.8 Å². The van der Waals surface area contributed by atoms with E-state index < -0.39 is 17.9 Å². The first-order chi connectivity index (χ1) is 14.0. The van der Waals surface area contributed by atoms with Gasteiger partial charge >= 0.3 is 11.8 Å². The van der Waals surface area contributed by atoms with Crippen molar-refractivity contribution in [2.24, 2.45) is 0 Å². The molecule has 150 valence electrons. The number of fused-ring (bicyclic) bond motifs is 2. The fourth-order valence-corrected chi connectivity index (χ4v) is 3.52. The van der Waals surface area contributed by atoms with Crippen LogP contribution in [-0.2, 0) is 20.9 Å². The van der Waals surface area contributed by atoms with Crippen molar-refractivity contribution < 1.29 is 23.9 Å². The molecule has 0 saturated heterocycles. The summed E-state index contributed by atoms with van der Waals surface area (Å²) in [6.07, 6.45) is 0. The lowest BCUT2D eigenvalue weighted by molar-refractivity contribution is -0.140. The molecule has 0 fully saturated rings. The van der Waals surface area contributed by atoms with Crippen molar-refractivity contribution in [3.05, 3.63) is 53.6 Å². The summed E-state index contributed by atoms with van der Waals surface area (Å²) < 4.78 is 10.5. The van der Waals surface area contributed by atoms with Gasteiger partial charge in [0.2, 0.25) is 6.79 Å². The van der Waals surface area contributed by atoms with E-state index >= 15 is 0 Å². The van der Waals surface area contributed by atoms with Gasteiger partial charge in [-0.2, -0.15) is 0 Å². The number of rotatable bonds is 4. The highest BCUT2D eigenvalue weighted by atomic mass is 16.7. The summed E-state index contributed by atoms with van der Waals surface area (Å²) in [5.74, 6) is -0.673. The third-order valence-electron chi connectivity index (χ3n) is 4.88. The standard InChI is InChI=1S/C21H21N3O5/c1-12(2)24-15-6-4-3-5-14(15)18(21(24)27)23-20(26)19(25)22-10-13-7-8-16-17(9-13)29-11-28-16/h3-9,12,18H,10-11H2,1-2H3,(H,22,25)(H,23,26). The molecule has 1 unspecified atom stereocenters. The third-order valence-corrected chi connectivity index (χ3v) is 4.88. The van der Waals surface area contributed by atoms with Crippen LogP contribution in [0, 0.1) is 0 Å². The van der Waals surface area contributed by atoms with Crippen molar-refractivity contribution in [2.75, 3.05) is 11.7 Å². The van der Waals surface area contributed by atoms with Crippen LogP contribution in [0.25, 0.3) is 0 Å². The van der Waals surface area contributed by atoms with E-state index in [1.807, 2.05) is 26.0 Å². The van der Waals surface area contributed by atoms with Gasteiger partial charge in [-0.3, -0.25) is 14.4 Å². The van der Waals surface area contributed by atoms with Crippen LogP contribution in [-0.4, -0.2) is 30.6 Å². The van der Waals surface area contributed by atoms with Crippen molar-refractivity contribution in [1.82, 2.24) is 10.6 Å². The highest BCUT2D eigenvalue weighted by Crippen LogP contribution is 2.37. The third kappa shape index (κ3) is 3.49. The molecule has 29 heavy (non-hydrogen) atoms. The topological polar surface area (TPSA) is 97.0 Å². The molecule has 8 nitrogen and oxygen atoms in total. The van der Waals surface area contributed by atoms with Crippen LogP contribution < -0.4 is 25.0 Å². The molecule has 2 heterocycles. The lowest BCUT2D eigenvalue weighted by atomic mass is 10.1. The minimum atomic E-state index is -0.877. The average Bonchev–Trinajstić information content (AvgIpc) is 3.28. The molecular weight excluding hydrogens is 374 g/mol. The van der Waals surface area contributed by atoms with Gasteiger partial charge in [0.1, 0.15) is 6.04 Å². The lowest BCUT2D eigenvalue weighted by Gasteiger charge is -2.22. The molecule has 1 atom stereocenters. The van der Waals surface area contributed by atoms with Gasteiger partial charge in [0.15, 0.2) is 11.5 Å². The molecule has 0 spiro atoms. The van der Waals surface area contributed by atoms with Crippen molar-refractivity contribution in [3.8, 4) is 11.5 Å². The van der Waals surface area contributed by atoms with E-state index in [-0.39, 0.29) is 25.3 Å². The number of hydrogen-bond acceptors (Lipinski definition) is 5. The van der Waals surface area contributed by atoms with Crippen LogP contribution in [0.4, 0.5) is 5.69 Å². The number of amides is 3. The minimum absolute atomic E-state index is 0.0645. The monoisotopic (exact) mass is 395 g/mol. The van der Waals surface area contributed by atoms with Crippen LogP contribution in [0.5, 0.6) is 11.5 Å². The van der Waals surface area contributed by atoms with E-state index in [1.54, 1.807) is 35.2 Å². The Morgan fingerprint density at radius 1 is 1.10 bits per heavy atom. The van der Waals surface area contributed by atoms with Crippen LogP contribution >= 0.6 is 0 Å². The summed E-state index contributed by atoms with van der Waals surface area (Å²) in [7, 11) is 0.